The first-order valence-corrected chi connectivity index (χ1v) is 8.69. The van der Waals surface area contributed by atoms with Gasteiger partial charge < -0.3 is 0 Å². The van der Waals surface area contributed by atoms with Crippen LogP contribution >= 0.6 is 11.6 Å². The zero-order valence-electron chi connectivity index (χ0n) is 11.6. The number of hydrogen-bond acceptors (Lipinski definition) is 2. The highest BCUT2D eigenvalue weighted by Gasteiger charge is 2.35. The third kappa shape index (κ3) is 3.83. The van der Waals surface area contributed by atoms with E-state index in [1.165, 1.54) is 0 Å². The summed E-state index contributed by atoms with van der Waals surface area (Å²) in [5.41, 5.74) is 0. The molecule has 0 N–H and O–H groups in total. The molecule has 0 saturated carbocycles. The van der Waals surface area contributed by atoms with E-state index in [2.05, 4.69) is 0 Å². The van der Waals surface area contributed by atoms with Crippen molar-refractivity contribution >= 4 is 21.8 Å². The van der Waals surface area contributed by atoms with E-state index in [9.17, 15) is 8.42 Å². The monoisotopic (exact) mass is 296 g/mol. The molecular weight excluding hydrogens is 272 g/mol. The van der Waals surface area contributed by atoms with Crippen LogP contribution in [-0.4, -0.2) is 48.1 Å². The SMILES string of the molecule is CC(C)N(CCCCl)S(=O)(=O)N1CCCCC1C. The van der Waals surface area contributed by atoms with Gasteiger partial charge in [0.15, 0.2) is 0 Å². The molecule has 0 aromatic heterocycles. The number of alkyl halides is 1. The molecule has 108 valence electrons. The highest BCUT2D eigenvalue weighted by molar-refractivity contribution is 7.86. The molecule has 1 saturated heterocycles. The molecule has 1 aliphatic rings. The van der Waals surface area contributed by atoms with E-state index < -0.39 is 10.2 Å². The second-order valence-corrected chi connectivity index (χ2v) is 7.42. The quantitative estimate of drug-likeness (QED) is 0.707. The fourth-order valence-corrected chi connectivity index (χ4v) is 4.61. The minimum atomic E-state index is -3.34. The Morgan fingerprint density at radius 1 is 1.39 bits per heavy atom. The van der Waals surface area contributed by atoms with Gasteiger partial charge in [0.25, 0.3) is 10.2 Å². The van der Waals surface area contributed by atoms with Crippen LogP contribution in [0.4, 0.5) is 0 Å². The Balaban J connectivity index is 2.86. The normalized spacial score (nSPS) is 22.9. The van der Waals surface area contributed by atoms with Crippen molar-refractivity contribution in [3.05, 3.63) is 0 Å². The summed E-state index contributed by atoms with van der Waals surface area (Å²) in [7, 11) is -3.34. The zero-order chi connectivity index (χ0) is 13.8. The van der Waals surface area contributed by atoms with Crippen molar-refractivity contribution in [2.24, 2.45) is 0 Å². The van der Waals surface area contributed by atoms with E-state index in [1.807, 2.05) is 20.8 Å². The van der Waals surface area contributed by atoms with E-state index in [-0.39, 0.29) is 12.1 Å². The summed E-state index contributed by atoms with van der Waals surface area (Å²) in [6.45, 7) is 6.98. The number of piperidine rings is 1. The topological polar surface area (TPSA) is 40.6 Å². The molecule has 0 bridgehead atoms. The van der Waals surface area contributed by atoms with Gasteiger partial charge >= 0.3 is 0 Å². The van der Waals surface area contributed by atoms with E-state index in [4.69, 9.17) is 11.6 Å². The molecule has 4 nitrogen and oxygen atoms in total. The summed E-state index contributed by atoms with van der Waals surface area (Å²) >= 11 is 5.68. The van der Waals surface area contributed by atoms with Gasteiger partial charge in [0.2, 0.25) is 0 Å². The van der Waals surface area contributed by atoms with Crippen LogP contribution < -0.4 is 0 Å². The van der Waals surface area contributed by atoms with Crippen molar-refractivity contribution in [3.8, 4) is 0 Å². The average Bonchev–Trinajstić information content (AvgIpc) is 2.29. The van der Waals surface area contributed by atoms with E-state index >= 15 is 0 Å². The van der Waals surface area contributed by atoms with E-state index in [0.29, 0.717) is 25.4 Å². The predicted molar refractivity (Wildman–Crippen MR) is 76.1 cm³/mol. The fraction of sp³-hybridized carbons (Fsp3) is 1.00. The molecule has 0 aliphatic carbocycles. The second-order valence-electron chi connectivity index (χ2n) is 5.21. The van der Waals surface area contributed by atoms with Crippen molar-refractivity contribution in [2.45, 2.75) is 58.5 Å². The maximum atomic E-state index is 12.7. The molecular formula is C12H25ClN2O2S. The third-order valence-electron chi connectivity index (χ3n) is 3.42. The molecule has 0 aromatic rings. The second kappa shape index (κ2) is 7.08. The highest BCUT2D eigenvalue weighted by atomic mass is 35.5. The Kier molecular flexibility index (Phi) is 6.38. The van der Waals surface area contributed by atoms with Gasteiger partial charge in [-0.25, -0.2) is 0 Å². The molecule has 0 radical (unpaired) electrons. The van der Waals surface area contributed by atoms with E-state index in [0.717, 1.165) is 19.3 Å². The largest absolute Gasteiger partial charge is 0.282 e. The van der Waals surface area contributed by atoms with Gasteiger partial charge in [-0.1, -0.05) is 6.42 Å². The molecule has 0 aromatic carbocycles. The van der Waals surface area contributed by atoms with Crippen molar-refractivity contribution in [1.29, 1.82) is 0 Å². The maximum absolute atomic E-state index is 12.7. The Hall–Kier alpha value is 0.160. The van der Waals surface area contributed by atoms with Crippen LogP contribution in [0.3, 0.4) is 0 Å². The lowest BCUT2D eigenvalue weighted by Gasteiger charge is -2.37. The molecule has 1 fully saturated rings. The lowest BCUT2D eigenvalue weighted by molar-refractivity contribution is 0.234. The van der Waals surface area contributed by atoms with Gasteiger partial charge in [-0.05, 0) is 40.0 Å². The highest BCUT2D eigenvalue weighted by Crippen LogP contribution is 2.23. The lowest BCUT2D eigenvalue weighted by Crippen LogP contribution is -2.52. The number of rotatable bonds is 6. The molecule has 6 heteroatoms. The van der Waals surface area contributed by atoms with Crippen LogP contribution in [0.15, 0.2) is 0 Å². The molecule has 1 atom stereocenters. The van der Waals surface area contributed by atoms with Crippen molar-refractivity contribution < 1.29 is 8.42 Å². The first kappa shape index (κ1) is 16.2. The number of nitrogens with zero attached hydrogens (tertiary/aromatic N) is 2. The Labute approximate surface area is 116 Å². The Morgan fingerprint density at radius 3 is 2.56 bits per heavy atom. The first-order chi connectivity index (χ1) is 8.41. The van der Waals surface area contributed by atoms with Crippen LogP contribution in [-0.2, 0) is 10.2 Å². The van der Waals surface area contributed by atoms with Crippen LogP contribution in [0, 0.1) is 0 Å². The molecule has 0 amide bonds. The van der Waals surface area contributed by atoms with Gasteiger partial charge in [-0.15, -0.1) is 11.6 Å². The van der Waals surface area contributed by atoms with Gasteiger partial charge in [0.05, 0.1) is 0 Å². The van der Waals surface area contributed by atoms with Crippen LogP contribution in [0.2, 0.25) is 0 Å². The Morgan fingerprint density at radius 2 is 2.06 bits per heavy atom. The maximum Gasteiger partial charge on any atom is 0.282 e. The summed E-state index contributed by atoms with van der Waals surface area (Å²) in [5.74, 6) is 0.494. The minimum Gasteiger partial charge on any atom is -0.195 e. The smallest absolute Gasteiger partial charge is 0.195 e. The molecule has 1 aliphatic heterocycles. The minimum absolute atomic E-state index is 0.0210. The van der Waals surface area contributed by atoms with Gasteiger partial charge in [-0.2, -0.15) is 17.0 Å². The van der Waals surface area contributed by atoms with Crippen molar-refractivity contribution in [3.63, 3.8) is 0 Å². The van der Waals surface area contributed by atoms with Gasteiger partial charge in [0.1, 0.15) is 0 Å². The summed E-state index contributed by atoms with van der Waals surface area (Å²) in [4.78, 5) is 0. The fourth-order valence-electron chi connectivity index (χ4n) is 2.40. The molecule has 1 rings (SSSR count). The van der Waals surface area contributed by atoms with Crippen LogP contribution in [0.1, 0.15) is 46.5 Å². The van der Waals surface area contributed by atoms with Gasteiger partial charge in [-0.3, -0.25) is 0 Å². The molecule has 1 unspecified atom stereocenters. The lowest BCUT2D eigenvalue weighted by atomic mass is 10.1. The van der Waals surface area contributed by atoms with Crippen LogP contribution in [0.25, 0.3) is 0 Å². The van der Waals surface area contributed by atoms with E-state index in [1.54, 1.807) is 8.61 Å². The standard InChI is InChI=1S/C12H25ClN2O2S/c1-11(2)14(10-6-8-13)18(16,17)15-9-5-4-7-12(15)3/h11-12H,4-10H2,1-3H3. The molecule has 18 heavy (non-hydrogen) atoms. The first-order valence-electron chi connectivity index (χ1n) is 6.75. The molecule has 1 heterocycles. The zero-order valence-corrected chi connectivity index (χ0v) is 13.2. The third-order valence-corrected chi connectivity index (χ3v) is 6.02. The summed E-state index contributed by atoms with van der Waals surface area (Å²) in [6, 6.07) is 0.0911. The summed E-state index contributed by atoms with van der Waals surface area (Å²) < 4.78 is 28.5. The molecule has 0 spiro atoms. The predicted octanol–water partition coefficient (Wildman–Crippen LogP) is 2.44. The number of halogens is 1. The Bertz CT molecular complexity index is 346. The number of hydrogen-bond donors (Lipinski definition) is 0. The summed E-state index contributed by atoms with van der Waals surface area (Å²) in [5, 5.41) is 0. The van der Waals surface area contributed by atoms with Crippen LogP contribution in [0.5, 0.6) is 0 Å². The van der Waals surface area contributed by atoms with Gasteiger partial charge in [0, 0.05) is 31.1 Å². The average molecular weight is 297 g/mol. The summed E-state index contributed by atoms with van der Waals surface area (Å²) in [6.07, 6.45) is 3.74. The van der Waals surface area contributed by atoms with Crippen molar-refractivity contribution in [2.75, 3.05) is 19.0 Å². The van der Waals surface area contributed by atoms with Crippen molar-refractivity contribution in [1.82, 2.24) is 8.61 Å².